The first-order valence-electron chi connectivity index (χ1n) is 7.32. The zero-order valence-electron chi connectivity index (χ0n) is 12.6. The highest BCUT2D eigenvalue weighted by Gasteiger charge is 2.29. The monoisotopic (exact) mass is 290 g/mol. The molecule has 0 spiro atoms. The molecule has 0 aromatic heterocycles. The lowest BCUT2D eigenvalue weighted by atomic mass is 9.92. The van der Waals surface area contributed by atoms with Crippen LogP contribution in [0.2, 0.25) is 0 Å². The Morgan fingerprint density at radius 1 is 1.29 bits per heavy atom. The third kappa shape index (κ3) is 3.54. The van der Waals surface area contributed by atoms with Crippen molar-refractivity contribution in [3.05, 3.63) is 29.8 Å². The van der Waals surface area contributed by atoms with E-state index >= 15 is 0 Å². The van der Waals surface area contributed by atoms with Crippen molar-refractivity contribution in [1.82, 2.24) is 4.90 Å². The van der Waals surface area contributed by atoms with Gasteiger partial charge in [-0.1, -0.05) is 18.2 Å². The lowest BCUT2D eigenvalue weighted by molar-refractivity contribution is -0.136. The van der Waals surface area contributed by atoms with Crippen LogP contribution in [-0.2, 0) is 4.79 Å². The van der Waals surface area contributed by atoms with Gasteiger partial charge in [0.05, 0.1) is 6.42 Å². The molecule has 1 saturated carbocycles. The van der Waals surface area contributed by atoms with Crippen LogP contribution in [0.3, 0.4) is 0 Å². The molecule has 0 atom stereocenters. The molecule has 21 heavy (non-hydrogen) atoms. The number of hydrogen-bond donors (Lipinski definition) is 1. The number of carboxylic acid groups (broad SMARTS) is 1. The highest BCUT2D eigenvalue weighted by atomic mass is 16.4. The van der Waals surface area contributed by atoms with E-state index in [0.29, 0.717) is 0 Å². The number of aryl methyl sites for hydroxylation is 1. The van der Waals surface area contributed by atoms with E-state index in [4.69, 9.17) is 5.11 Å². The van der Waals surface area contributed by atoms with Crippen LogP contribution in [0.15, 0.2) is 24.3 Å². The topological polar surface area (TPSA) is 60.9 Å². The molecule has 5 nitrogen and oxygen atoms in total. The van der Waals surface area contributed by atoms with E-state index < -0.39 is 5.97 Å². The lowest BCUT2D eigenvalue weighted by Crippen LogP contribution is -2.49. The van der Waals surface area contributed by atoms with Crippen LogP contribution in [0.5, 0.6) is 0 Å². The summed E-state index contributed by atoms with van der Waals surface area (Å²) in [6.07, 6.45) is 3.16. The van der Waals surface area contributed by atoms with E-state index in [1.165, 1.54) is 0 Å². The number of carboxylic acids is 1. The average Bonchev–Trinajstić information content (AvgIpc) is 2.38. The molecule has 1 N–H and O–H groups in total. The minimum Gasteiger partial charge on any atom is -0.481 e. The van der Waals surface area contributed by atoms with Crippen LogP contribution in [-0.4, -0.2) is 41.6 Å². The Kier molecular flexibility index (Phi) is 4.83. The Morgan fingerprint density at radius 2 is 1.95 bits per heavy atom. The van der Waals surface area contributed by atoms with Gasteiger partial charge < -0.3 is 10.0 Å². The molecule has 1 aliphatic rings. The van der Waals surface area contributed by atoms with Crippen LogP contribution in [0.25, 0.3) is 0 Å². The Bertz CT molecular complexity index is 526. The molecule has 2 amide bonds. The summed E-state index contributed by atoms with van der Waals surface area (Å²) in [5.74, 6) is -0.896. The molecule has 0 aliphatic heterocycles. The van der Waals surface area contributed by atoms with Crippen LogP contribution in [0.1, 0.15) is 31.2 Å². The van der Waals surface area contributed by atoms with E-state index in [1.54, 1.807) is 16.8 Å². The van der Waals surface area contributed by atoms with Crippen LogP contribution >= 0.6 is 0 Å². The van der Waals surface area contributed by atoms with Gasteiger partial charge in [0, 0.05) is 25.3 Å². The highest BCUT2D eigenvalue weighted by molar-refractivity contribution is 5.93. The summed E-state index contributed by atoms with van der Waals surface area (Å²) in [6.45, 7) is 2.12. The summed E-state index contributed by atoms with van der Waals surface area (Å²) in [7, 11) is 1.80. The molecule has 0 radical (unpaired) electrons. The number of carbonyl (C=O) groups excluding carboxylic acids is 1. The number of hydrogen-bond acceptors (Lipinski definition) is 2. The second kappa shape index (κ2) is 6.61. The summed E-state index contributed by atoms with van der Waals surface area (Å²) in [5, 5.41) is 8.91. The molecule has 0 saturated heterocycles. The van der Waals surface area contributed by atoms with Crippen LogP contribution in [0.4, 0.5) is 10.5 Å². The van der Waals surface area contributed by atoms with Gasteiger partial charge in [0.15, 0.2) is 0 Å². The van der Waals surface area contributed by atoms with Crippen molar-refractivity contribution in [2.24, 2.45) is 0 Å². The van der Waals surface area contributed by atoms with Gasteiger partial charge in [-0.15, -0.1) is 0 Å². The zero-order valence-corrected chi connectivity index (χ0v) is 12.6. The molecular weight excluding hydrogens is 268 g/mol. The van der Waals surface area contributed by atoms with E-state index in [0.717, 1.165) is 30.5 Å². The minimum absolute atomic E-state index is 0.0570. The molecule has 0 unspecified atom stereocenters. The molecule has 5 heteroatoms. The summed E-state index contributed by atoms with van der Waals surface area (Å²) in [5.41, 5.74) is 1.76. The Labute approximate surface area is 125 Å². The zero-order chi connectivity index (χ0) is 15.4. The summed E-state index contributed by atoms with van der Waals surface area (Å²) in [6, 6.07) is 7.74. The molecule has 1 fully saturated rings. The Morgan fingerprint density at radius 3 is 2.48 bits per heavy atom. The standard InChI is InChI=1S/C16H22N2O3/c1-12-6-3-4-9-14(12)18(11-10-15(19)20)16(21)17(2)13-7-5-8-13/h3-4,6,9,13H,5,7-8,10-11H2,1-2H3,(H,19,20). The molecule has 0 bridgehead atoms. The molecule has 1 aromatic carbocycles. The van der Waals surface area contributed by atoms with Gasteiger partial charge in [0.1, 0.15) is 0 Å². The number of rotatable bonds is 5. The lowest BCUT2D eigenvalue weighted by Gasteiger charge is -2.38. The number of para-hydroxylation sites is 1. The maximum Gasteiger partial charge on any atom is 0.324 e. The number of anilines is 1. The van der Waals surface area contributed by atoms with Crippen molar-refractivity contribution in [2.75, 3.05) is 18.5 Å². The first-order chi connectivity index (χ1) is 10.0. The Balaban J connectivity index is 2.20. The molecule has 0 heterocycles. The van der Waals surface area contributed by atoms with Crippen LogP contribution in [0, 0.1) is 6.92 Å². The SMILES string of the molecule is Cc1ccccc1N(CCC(=O)O)C(=O)N(C)C1CCC1. The van der Waals surface area contributed by atoms with Gasteiger partial charge >= 0.3 is 12.0 Å². The second-order valence-electron chi connectivity index (χ2n) is 5.56. The molecule has 2 rings (SSSR count). The van der Waals surface area contributed by atoms with Crippen LogP contribution < -0.4 is 4.90 Å². The number of nitrogens with zero attached hydrogens (tertiary/aromatic N) is 2. The summed E-state index contributed by atoms with van der Waals surface area (Å²) in [4.78, 5) is 26.9. The fraction of sp³-hybridized carbons (Fsp3) is 0.500. The minimum atomic E-state index is -0.896. The fourth-order valence-electron chi connectivity index (χ4n) is 2.51. The quantitative estimate of drug-likeness (QED) is 0.907. The molecule has 114 valence electrons. The van der Waals surface area contributed by atoms with Crippen molar-refractivity contribution in [2.45, 2.75) is 38.6 Å². The second-order valence-corrected chi connectivity index (χ2v) is 5.56. The summed E-state index contributed by atoms with van der Waals surface area (Å²) < 4.78 is 0. The van der Waals surface area contributed by atoms with Gasteiger partial charge in [-0.25, -0.2) is 4.79 Å². The first kappa shape index (κ1) is 15.4. The van der Waals surface area contributed by atoms with E-state index in [1.807, 2.05) is 31.2 Å². The van der Waals surface area contributed by atoms with Crippen molar-refractivity contribution in [1.29, 1.82) is 0 Å². The maximum absolute atomic E-state index is 12.7. The number of amides is 2. The predicted molar refractivity (Wildman–Crippen MR) is 81.6 cm³/mol. The fourth-order valence-corrected chi connectivity index (χ4v) is 2.51. The van der Waals surface area contributed by atoms with E-state index in [2.05, 4.69) is 0 Å². The Hall–Kier alpha value is -2.04. The third-order valence-electron chi connectivity index (χ3n) is 4.11. The van der Waals surface area contributed by atoms with E-state index in [-0.39, 0.29) is 25.0 Å². The number of urea groups is 1. The predicted octanol–water partition coefficient (Wildman–Crippen LogP) is 2.88. The van der Waals surface area contributed by atoms with Gasteiger partial charge in [-0.3, -0.25) is 9.69 Å². The summed E-state index contributed by atoms with van der Waals surface area (Å²) >= 11 is 0. The number of aliphatic carboxylic acids is 1. The smallest absolute Gasteiger partial charge is 0.324 e. The molecular formula is C16H22N2O3. The van der Waals surface area contributed by atoms with Gasteiger partial charge in [-0.05, 0) is 37.8 Å². The van der Waals surface area contributed by atoms with Gasteiger partial charge in [0.25, 0.3) is 0 Å². The number of carbonyl (C=O) groups is 2. The highest BCUT2D eigenvalue weighted by Crippen LogP contribution is 2.27. The van der Waals surface area contributed by atoms with Crippen molar-refractivity contribution in [3.8, 4) is 0 Å². The van der Waals surface area contributed by atoms with E-state index in [9.17, 15) is 9.59 Å². The van der Waals surface area contributed by atoms with Crippen molar-refractivity contribution < 1.29 is 14.7 Å². The van der Waals surface area contributed by atoms with Crippen molar-refractivity contribution >= 4 is 17.7 Å². The van der Waals surface area contributed by atoms with Gasteiger partial charge in [-0.2, -0.15) is 0 Å². The first-order valence-corrected chi connectivity index (χ1v) is 7.32. The normalized spacial score (nSPS) is 14.4. The van der Waals surface area contributed by atoms with Gasteiger partial charge in [0.2, 0.25) is 0 Å². The number of benzene rings is 1. The average molecular weight is 290 g/mol. The molecule has 1 aromatic rings. The van der Waals surface area contributed by atoms with Crippen molar-refractivity contribution in [3.63, 3.8) is 0 Å². The molecule has 1 aliphatic carbocycles. The largest absolute Gasteiger partial charge is 0.481 e. The maximum atomic E-state index is 12.7. The third-order valence-corrected chi connectivity index (χ3v) is 4.11.